The molecule has 132 valence electrons. The number of hydrogen-bond donors (Lipinski definition) is 2. The number of hydrogen-bond acceptors (Lipinski definition) is 5. The standard InChI is InChI=1S/C20H24N2O2S/c1-14(2)16-7-3-5-9-18(16)24-13-15(23)11-21-12-20-22-17-8-4-6-10-19(17)25-20/h3-10,14-15,21,23H,11-13H2,1-2H3. The zero-order chi connectivity index (χ0) is 17.6. The Kier molecular flexibility index (Phi) is 6.02. The fourth-order valence-corrected chi connectivity index (χ4v) is 3.61. The van der Waals surface area contributed by atoms with Gasteiger partial charge in [-0.05, 0) is 29.7 Å². The molecular formula is C20H24N2O2S. The van der Waals surface area contributed by atoms with Gasteiger partial charge in [0.25, 0.3) is 0 Å². The summed E-state index contributed by atoms with van der Waals surface area (Å²) in [6.45, 7) is 5.67. The van der Waals surface area contributed by atoms with Gasteiger partial charge in [-0.25, -0.2) is 4.98 Å². The summed E-state index contributed by atoms with van der Waals surface area (Å²) in [4.78, 5) is 4.58. The van der Waals surface area contributed by atoms with Crippen molar-refractivity contribution in [2.75, 3.05) is 13.2 Å². The van der Waals surface area contributed by atoms with E-state index in [9.17, 15) is 5.11 Å². The van der Waals surface area contributed by atoms with E-state index in [2.05, 4.69) is 36.3 Å². The van der Waals surface area contributed by atoms with Crippen molar-refractivity contribution in [3.8, 4) is 5.75 Å². The SMILES string of the molecule is CC(C)c1ccccc1OCC(O)CNCc1nc2ccccc2s1. The number of aromatic nitrogens is 1. The first-order valence-electron chi connectivity index (χ1n) is 8.58. The molecule has 0 aliphatic carbocycles. The van der Waals surface area contributed by atoms with Gasteiger partial charge >= 0.3 is 0 Å². The van der Waals surface area contributed by atoms with E-state index in [1.165, 1.54) is 4.70 Å². The van der Waals surface area contributed by atoms with Gasteiger partial charge in [0.05, 0.1) is 10.2 Å². The number of rotatable bonds is 8. The lowest BCUT2D eigenvalue weighted by Gasteiger charge is -2.16. The van der Waals surface area contributed by atoms with Crippen molar-refractivity contribution >= 4 is 21.6 Å². The predicted molar refractivity (Wildman–Crippen MR) is 103 cm³/mol. The summed E-state index contributed by atoms with van der Waals surface area (Å²) in [5.41, 5.74) is 2.19. The quantitative estimate of drug-likeness (QED) is 0.642. The van der Waals surface area contributed by atoms with Crippen molar-refractivity contribution < 1.29 is 9.84 Å². The average molecular weight is 356 g/mol. The Morgan fingerprint density at radius 3 is 2.68 bits per heavy atom. The van der Waals surface area contributed by atoms with Gasteiger partial charge in [0.15, 0.2) is 0 Å². The van der Waals surface area contributed by atoms with Crippen molar-refractivity contribution in [2.45, 2.75) is 32.4 Å². The Balaban J connectivity index is 1.46. The van der Waals surface area contributed by atoms with Crippen molar-refractivity contribution in [3.63, 3.8) is 0 Å². The fraction of sp³-hybridized carbons (Fsp3) is 0.350. The molecule has 0 aliphatic rings. The molecule has 5 heteroatoms. The van der Waals surface area contributed by atoms with Gasteiger partial charge in [-0.3, -0.25) is 0 Å². The molecule has 0 spiro atoms. The van der Waals surface area contributed by atoms with Crippen molar-refractivity contribution in [2.24, 2.45) is 0 Å². The Labute approximate surface area is 152 Å². The molecule has 0 fully saturated rings. The van der Waals surface area contributed by atoms with E-state index in [0.717, 1.165) is 21.8 Å². The molecule has 1 atom stereocenters. The highest BCUT2D eigenvalue weighted by atomic mass is 32.1. The molecule has 0 bridgehead atoms. The second kappa shape index (κ2) is 8.43. The number of nitrogens with zero attached hydrogens (tertiary/aromatic N) is 1. The Hall–Kier alpha value is -1.95. The minimum atomic E-state index is -0.561. The molecule has 3 rings (SSSR count). The summed E-state index contributed by atoms with van der Waals surface area (Å²) in [5, 5.41) is 14.4. The number of thiazole rings is 1. The molecule has 1 heterocycles. The second-order valence-corrected chi connectivity index (χ2v) is 7.48. The van der Waals surface area contributed by atoms with E-state index in [-0.39, 0.29) is 6.61 Å². The summed E-state index contributed by atoms with van der Waals surface area (Å²) < 4.78 is 7.00. The van der Waals surface area contributed by atoms with Crippen LogP contribution in [0.2, 0.25) is 0 Å². The molecule has 0 saturated carbocycles. The van der Waals surface area contributed by atoms with Gasteiger partial charge < -0.3 is 15.2 Å². The summed E-state index contributed by atoms with van der Waals surface area (Å²) >= 11 is 1.68. The summed E-state index contributed by atoms with van der Waals surface area (Å²) in [6, 6.07) is 16.1. The van der Waals surface area contributed by atoms with Gasteiger partial charge in [0.1, 0.15) is 23.5 Å². The maximum absolute atomic E-state index is 10.2. The predicted octanol–water partition coefficient (Wildman–Crippen LogP) is 3.95. The van der Waals surface area contributed by atoms with Crippen LogP contribution in [-0.2, 0) is 6.54 Å². The summed E-state index contributed by atoms with van der Waals surface area (Å²) in [7, 11) is 0. The Morgan fingerprint density at radius 2 is 1.88 bits per heavy atom. The minimum absolute atomic E-state index is 0.274. The Bertz CT molecular complexity index is 783. The lowest BCUT2D eigenvalue weighted by molar-refractivity contribution is 0.105. The molecule has 0 radical (unpaired) electrons. The summed E-state index contributed by atoms with van der Waals surface area (Å²) in [5.74, 6) is 1.24. The third-order valence-electron chi connectivity index (χ3n) is 3.97. The third kappa shape index (κ3) is 4.78. The minimum Gasteiger partial charge on any atom is -0.491 e. The number of nitrogens with one attached hydrogen (secondary N) is 1. The number of aliphatic hydroxyl groups excluding tert-OH is 1. The Morgan fingerprint density at radius 1 is 1.12 bits per heavy atom. The fourth-order valence-electron chi connectivity index (χ4n) is 2.68. The zero-order valence-corrected chi connectivity index (χ0v) is 15.4. The maximum atomic E-state index is 10.2. The van der Waals surface area contributed by atoms with Gasteiger partial charge in [0.2, 0.25) is 0 Å². The molecule has 4 nitrogen and oxygen atoms in total. The number of aliphatic hydroxyl groups is 1. The second-order valence-electron chi connectivity index (χ2n) is 6.36. The highest BCUT2D eigenvalue weighted by Gasteiger charge is 2.10. The van der Waals surface area contributed by atoms with Crippen LogP contribution in [-0.4, -0.2) is 29.3 Å². The van der Waals surface area contributed by atoms with Gasteiger partial charge in [-0.15, -0.1) is 11.3 Å². The van der Waals surface area contributed by atoms with Gasteiger partial charge in [0, 0.05) is 13.1 Å². The van der Waals surface area contributed by atoms with Crippen LogP contribution in [0.5, 0.6) is 5.75 Å². The molecule has 0 aliphatic heterocycles. The van der Waals surface area contributed by atoms with Crippen molar-refractivity contribution in [3.05, 3.63) is 59.1 Å². The van der Waals surface area contributed by atoms with Crippen LogP contribution in [0.4, 0.5) is 0 Å². The third-order valence-corrected chi connectivity index (χ3v) is 5.00. The lowest BCUT2D eigenvalue weighted by atomic mass is 10.0. The van der Waals surface area contributed by atoms with E-state index in [1.807, 2.05) is 36.4 Å². The first-order chi connectivity index (χ1) is 12.1. The normalized spacial score (nSPS) is 12.6. The number of ether oxygens (including phenoxy) is 1. The van der Waals surface area contributed by atoms with Crippen molar-refractivity contribution in [1.82, 2.24) is 10.3 Å². The van der Waals surface area contributed by atoms with Crippen LogP contribution in [0.15, 0.2) is 48.5 Å². The van der Waals surface area contributed by atoms with Gasteiger partial charge in [-0.1, -0.05) is 44.2 Å². The van der Waals surface area contributed by atoms with E-state index in [4.69, 9.17) is 4.74 Å². The first kappa shape index (κ1) is 17.9. The van der Waals surface area contributed by atoms with Crippen LogP contribution >= 0.6 is 11.3 Å². The van der Waals surface area contributed by atoms with Crippen LogP contribution < -0.4 is 10.1 Å². The molecule has 25 heavy (non-hydrogen) atoms. The molecule has 0 amide bonds. The highest BCUT2D eigenvalue weighted by Crippen LogP contribution is 2.26. The summed E-state index contributed by atoms with van der Waals surface area (Å²) in [6.07, 6.45) is -0.561. The smallest absolute Gasteiger partial charge is 0.122 e. The highest BCUT2D eigenvalue weighted by molar-refractivity contribution is 7.18. The monoisotopic (exact) mass is 356 g/mol. The van der Waals surface area contributed by atoms with E-state index in [1.54, 1.807) is 11.3 Å². The van der Waals surface area contributed by atoms with Gasteiger partial charge in [-0.2, -0.15) is 0 Å². The molecule has 1 aromatic heterocycles. The molecule has 2 N–H and O–H groups in total. The zero-order valence-electron chi connectivity index (χ0n) is 14.6. The van der Waals surface area contributed by atoms with E-state index >= 15 is 0 Å². The van der Waals surface area contributed by atoms with Crippen LogP contribution in [0, 0.1) is 0 Å². The average Bonchev–Trinajstić information content (AvgIpc) is 3.03. The molecular weight excluding hydrogens is 332 g/mol. The van der Waals surface area contributed by atoms with E-state index < -0.39 is 6.10 Å². The van der Waals surface area contributed by atoms with Crippen molar-refractivity contribution in [1.29, 1.82) is 0 Å². The first-order valence-corrected chi connectivity index (χ1v) is 9.40. The molecule has 0 saturated heterocycles. The lowest BCUT2D eigenvalue weighted by Crippen LogP contribution is -2.31. The number of benzene rings is 2. The van der Waals surface area contributed by atoms with E-state index in [0.29, 0.717) is 19.0 Å². The van der Waals surface area contributed by atoms with Crippen LogP contribution in [0.25, 0.3) is 10.2 Å². The van der Waals surface area contributed by atoms with Crippen LogP contribution in [0.3, 0.4) is 0 Å². The number of fused-ring (bicyclic) bond motifs is 1. The van der Waals surface area contributed by atoms with Crippen LogP contribution in [0.1, 0.15) is 30.3 Å². The number of para-hydroxylation sites is 2. The largest absolute Gasteiger partial charge is 0.491 e. The maximum Gasteiger partial charge on any atom is 0.122 e. The molecule has 3 aromatic rings. The topological polar surface area (TPSA) is 54.4 Å². The molecule has 1 unspecified atom stereocenters. The molecule has 2 aromatic carbocycles.